The first-order chi connectivity index (χ1) is 8.99. The van der Waals surface area contributed by atoms with Gasteiger partial charge in [-0.2, -0.15) is 0 Å². The molecule has 19 heavy (non-hydrogen) atoms. The van der Waals surface area contributed by atoms with Crippen molar-refractivity contribution in [2.75, 3.05) is 19.7 Å². The van der Waals surface area contributed by atoms with Gasteiger partial charge in [-0.3, -0.25) is 14.6 Å². The second-order valence-corrected chi connectivity index (χ2v) is 4.46. The third kappa shape index (κ3) is 3.09. The van der Waals surface area contributed by atoms with Gasteiger partial charge in [0, 0.05) is 19.2 Å². The van der Waals surface area contributed by atoms with Crippen molar-refractivity contribution in [3.8, 4) is 0 Å². The van der Waals surface area contributed by atoms with Crippen LogP contribution < -0.4 is 11.2 Å². The number of aromatic amines is 2. The molecular weight excluding hydrogens is 254 g/mol. The maximum atomic E-state index is 12.2. The van der Waals surface area contributed by atoms with Crippen LogP contribution in [0.1, 0.15) is 17.4 Å². The Labute approximate surface area is 108 Å². The molecule has 3 N–H and O–H groups in total. The van der Waals surface area contributed by atoms with E-state index < -0.39 is 23.3 Å². The molecule has 2 unspecified atom stereocenters. The molecule has 1 amide bonds. The lowest BCUT2D eigenvalue weighted by Crippen LogP contribution is -2.50. The van der Waals surface area contributed by atoms with Crippen molar-refractivity contribution in [2.24, 2.45) is 0 Å². The molecule has 0 radical (unpaired) electrons. The quantitative estimate of drug-likeness (QED) is 0.591. The van der Waals surface area contributed by atoms with Crippen LogP contribution in [-0.4, -0.2) is 57.8 Å². The summed E-state index contributed by atoms with van der Waals surface area (Å²) in [6.07, 6.45) is -0.676. The van der Waals surface area contributed by atoms with Crippen LogP contribution in [0.25, 0.3) is 0 Å². The zero-order valence-electron chi connectivity index (χ0n) is 10.4. The van der Waals surface area contributed by atoms with Gasteiger partial charge in [0.25, 0.3) is 11.5 Å². The van der Waals surface area contributed by atoms with Crippen LogP contribution in [-0.2, 0) is 4.74 Å². The number of amides is 1. The largest absolute Gasteiger partial charge is 0.394 e. The molecule has 1 aliphatic rings. The monoisotopic (exact) mass is 269 g/mol. The van der Waals surface area contributed by atoms with Crippen LogP contribution >= 0.6 is 0 Å². The predicted molar refractivity (Wildman–Crippen MR) is 65.0 cm³/mol. The lowest BCUT2D eigenvalue weighted by atomic mass is 10.2. The van der Waals surface area contributed by atoms with Gasteiger partial charge in [0.15, 0.2) is 0 Å². The van der Waals surface area contributed by atoms with Crippen molar-refractivity contribution in [1.82, 2.24) is 14.9 Å². The van der Waals surface area contributed by atoms with Gasteiger partial charge in [-0.15, -0.1) is 0 Å². The van der Waals surface area contributed by atoms with Crippen LogP contribution in [0.3, 0.4) is 0 Å². The maximum Gasteiger partial charge on any atom is 0.326 e. The molecule has 1 saturated heterocycles. The van der Waals surface area contributed by atoms with Crippen LogP contribution in [0, 0.1) is 0 Å². The van der Waals surface area contributed by atoms with Crippen LogP contribution in [0.15, 0.2) is 15.7 Å². The number of hydrogen-bond acceptors (Lipinski definition) is 5. The topological polar surface area (TPSA) is 115 Å². The van der Waals surface area contributed by atoms with Gasteiger partial charge >= 0.3 is 5.69 Å². The number of carbonyl (C=O) groups excluding carboxylic acids is 1. The van der Waals surface area contributed by atoms with Gasteiger partial charge in [-0.25, -0.2) is 4.79 Å². The van der Waals surface area contributed by atoms with E-state index in [2.05, 4.69) is 4.98 Å². The Morgan fingerprint density at radius 1 is 1.47 bits per heavy atom. The zero-order chi connectivity index (χ0) is 14.0. The van der Waals surface area contributed by atoms with Gasteiger partial charge in [0.1, 0.15) is 5.69 Å². The molecule has 2 atom stereocenters. The summed E-state index contributed by atoms with van der Waals surface area (Å²) in [6.45, 7) is 2.14. The Hall–Kier alpha value is -1.93. The summed E-state index contributed by atoms with van der Waals surface area (Å²) in [7, 11) is 0. The SMILES string of the molecule is CC1CN(C(=O)c2cc(=O)[nH]c(=O)[nH]2)CC(CO)O1. The van der Waals surface area contributed by atoms with Crippen molar-refractivity contribution in [3.63, 3.8) is 0 Å². The molecule has 8 heteroatoms. The first-order valence-corrected chi connectivity index (χ1v) is 5.89. The third-order valence-corrected chi connectivity index (χ3v) is 2.81. The minimum absolute atomic E-state index is 0.0699. The highest BCUT2D eigenvalue weighted by molar-refractivity contribution is 5.92. The Morgan fingerprint density at radius 2 is 2.21 bits per heavy atom. The molecule has 2 rings (SSSR count). The molecular formula is C11H15N3O5. The van der Waals surface area contributed by atoms with Crippen molar-refractivity contribution in [1.29, 1.82) is 0 Å². The Morgan fingerprint density at radius 3 is 2.84 bits per heavy atom. The number of aliphatic hydroxyl groups excluding tert-OH is 1. The number of nitrogens with zero attached hydrogens (tertiary/aromatic N) is 1. The molecule has 0 aliphatic carbocycles. The average molecular weight is 269 g/mol. The van der Waals surface area contributed by atoms with Crippen molar-refractivity contribution in [2.45, 2.75) is 19.1 Å². The lowest BCUT2D eigenvalue weighted by molar-refractivity contribution is -0.0859. The molecule has 0 aromatic carbocycles. The van der Waals surface area contributed by atoms with Gasteiger partial charge in [0.05, 0.1) is 18.8 Å². The summed E-state index contributed by atoms with van der Waals surface area (Å²) in [5.74, 6) is -0.461. The fourth-order valence-electron chi connectivity index (χ4n) is 2.07. The van der Waals surface area contributed by atoms with Gasteiger partial charge in [0.2, 0.25) is 0 Å². The number of nitrogens with one attached hydrogen (secondary N) is 2. The number of rotatable bonds is 2. The second-order valence-electron chi connectivity index (χ2n) is 4.46. The molecule has 104 valence electrons. The fourth-order valence-corrected chi connectivity index (χ4v) is 2.07. The second kappa shape index (κ2) is 5.37. The highest BCUT2D eigenvalue weighted by atomic mass is 16.5. The fraction of sp³-hybridized carbons (Fsp3) is 0.545. The van der Waals surface area contributed by atoms with E-state index in [1.165, 1.54) is 4.90 Å². The van der Waals surface area contributed by atoms with Gasteiger partial charge in [-0.1, -0.05) is 0 Å². The third-order valence-electron chi connectivity index (χ3n) is 2.81. The standard InChI is InChI=1S/C11H15N3O5/c1-6-3-14(4-7(5-15)19-6)10(17)8-2-9(16)13-11(18)12-8/h2,6-7,15H,3-5H2,1H3,(H2,12,13,16,18). The molecule has 1 aromatic rings. The minimum atomic E-state index is -0.726. The van der Waals surface area contributed by atoms with Crippen molar-refractivity contribution >= 4 is 5.91 Å². The van der Waals surface area contributed by atoms with E-state index in [1.807, 2.05) is 4.98 Å². The molecule has 1 fully saturated rings. The van der Waals surface area contributed by atoms with Gasteiger partial charge in [-0.05, 0) is 6.92 Å². The number of hydrogen-bond donors (Lipinski definition) is 3. The van der Waals surface area contributed by atoms with E-state index in [0.29, 0.717) is 6.54 Å². The summed E-state index contributed by atoms with van der Waals surface area (Å²) in [5, 5.41) is 9.09. The Balaban J connectivity index is 2.23. The van der Waals surface area contributed by atoms with E-state index in [0.717, 1.165) is 6.07 Å². The number of morpholine rings is 1. The van der Waals surface area contributed by atoms with E-state index in [-0.39, 0.29) is 24.9 Å². The highest BCUT2D eigenvalue weighted by Crippen LogP contribution is 2.12. The first kappa shape index (κ1) is 13.5. The van der Waals surface area contributed by atoms with Crippen molar-refractivity contribution < 1.29 is 14.6 Å². The van der Waals surface area contributed by atoms with E-state index >= 15 is 0 Å². The summed E-state index contributed by atoms with van der Waals surface area (Å²) in [6, 6.07) is 1.04. The molecule has 0 spiro atoms. The lowest BCUT2D eigenvalue weighted by Gasteiger charge is -2.35. The number of aromatic nitrogens is 2. The molecule has 0 saturated carbocycles. The summed E-state index contributed by atoms with van der Waals surface area (Å²) >= 11 is 0. The number of carbonyl (C=O) groups is 1. The van der Waals surface area contributed by atoms with Crippen LogP contribution in [0.2, 0.25) is 0 Å². The average Bonchev–Trinajstić information content (AvgIpc) is 2.35. The molecule has 1 aromatic heterocycles. The van der Waals surface area contributed by atoms with Crippen LogP contribution in [0.4, 0.5) is 0 Å². The number of H-pyrrole nitrogens is 2. The van der Waals surface area contributed by atoms with Crippen LogP contribution in [0.5, 0.6) is 0 Å². The number of ether oxygens (including phenoxy) is 1. The molecule has 0 bridgehead atoms. The highest BCUT2D eigenvalue weighted by Gasteiger charge is 2.29. The summed E-state index contributed by atoms with van der Waals surface area (Å²) in [5.41, 5.74) is -1.43. The minimum Gasteiger partial charge on any atom is -0.394 e. The first-order valence-electron chi connectivity index (χ1n) is 5.89. The summed E-state index contributed by atoms with van der Waals surface area (Å²) in [4.78, 5) is 40.2. The normalized spacial score (nSPS) is 23.4. The van der Waals surface area contributed by atoms with E-state index in [4.69, 9.17) is 9.84 Å². The Bertz CT molecular complexity index is 550. The van der Waals surface area contributed by atoms with E-state index in [1.54, 1.807) is 6.92 Å². The molecule has 1 aliphatic heterocycles. The molecule has 8 nitrogen and oxygen atoms in total. The maximum absolute atomic E-state index is 12.2. The zero-order valence-corrected chi connectivity index (χ0v) is 10.4. The van der Waals surface area contributed by atoms with Gasteiger partial charge < -0.3 is 19.7 Å². The Kier molecular flexibility index (Phi) is 3.82. The molecule has 2 heterocycles. The predicted octanol–water partition coefficient (Wildman–Crippen LogP) is -1.71. The van der Waals surface area contributed by atoms with E-state index in [9.17, 15) is 14.4 Å². The van der Waals surface area contributed by atoms with Crippen molar-refractivity contribution in [3.05, 3.63) is 32.6 Å². The number of aliphatic hydroxyl groups is 1. The summed E-state index contributed by atoms with van der Waals surface area (Å²) < 4.78 is 5.42. The smallest absolute Gasteiger partial charge is 0.326 e.